The van der Waals surface area contributed by atoms with E-state index in [0.717, 1.165) is 28.8 Å². The van der Waals surface area contributed by atoms with Crippen molar-refractivity contribution < 1.29 is 14.0 Å². The Hall–Kier alpha value is -4.90. The van der Waals surface area contributed by atoms with E-state index in [1.807, 2.05) is 59.5 Å². The zero-order valence-electron chi connectivity index (χ0n) is 20.1. The van der Waals surface area contributed by atoms with Gasteiger partial charge in [-0.3, -0.25) is 9.59 Å². The summed E-state index contributed by atoms with van der Waals surface area (Å²) >= 11 is 0. The number of nitrogens with zero attached hydrogens (tertiary/aromatic N) is 1. The van der Waals surface area contributed by atoms with Crippen LogP contribution in [0.1, 0.15) is 37.4 Å². The largest absolute Gasteiger partial charge is 0.464 e. The van der Waals surface area contributed by atoms with Crippen LogP contribution in [0.3, 0.4) is 0 Å². The average Bonchev–Trinajstić information content (AvgIpc) is 3.42. The highest BCUT2D eigenvalue weighted by atomic mass is 16.3. The highest BCUT2D eigenvalue weighted by molar-refractivity contribution is 6.09. The summed E-state index contributed by atoms with van der Waals surface area (Å²) in [4.78, 5) is 28.6. The lowest BCUT2D eigenvalue weighted by atomic mass is 10.0. The molecule has 5 nitrogen and oxygen atoms in total. The van der Waals surface area contributed by atoms with E-state index in [-0.39, 0.29) is 11.8 Å². The topological polar surface area (TPSA) is 62.6 Å². The van der Waals surface area contributed by atoms with Gasteiger partial charge in [-0.15, -0.1) is 0 Å². The van der Waals surface area contributed by atoms with E-state index < -0.39 is 0 Å². The highest BCUT2D eigenvalue weighted by Gasteiger charge is 2.25. The van der Waals surface area contributed by atoms with Crippen LogP contribution in [0.4, 0.5) is 11.4 Å². The molecule has 37 heavy (non-hydrogen) atoms. The molecule has 1 N–H and O–H groups in total. The van der Waals surface area contributed by atoms with Gasteiger partial charge in [-0.1, -0.05) is 60.7 Å². The molecule has 0 saturated heterocycles. The number of benzene rings is 4. The Morgan fingerprint density at radius 3 is 2.19 bits per heavy atom. The monoisotopic (exact) mass is 484 g/mol. The number of hydrogen-bond donors (Lipinski definition) is 1. The lowest BCUT2D eigenvalue weighted by Gasteiger charge is -2.23. The molecule has 0 spiro atoms. The van der Waals surface area contributed by atoms with E-state index in [1.54, 1.807) is 42.7 Å². The Morgan fingerprint density at radius 1 is 0.703 bits per heavy atom. The highest BCUT2D eigenvalue weighted by Crippen LogP contribution is 2.32. The van der Waals surface area contributed by atoms with Crippen LogP contribution in [-0.2, 0) is 13.0 Å². The number of hydrogen-bond acceptors (Lipinski definition) is 3. The van der Waals surface area contributed by atoms with Crippen LogP contribution < -0.4 is 10.2 Å². The van der Waals surface area contributed by atoms with Crippen LogP contribution in [0.2, 0.25) is 0 Å². The molecule has 0 aliphatic carbocycles. The zero-order chi connectivity index (χ0) is 25.2. The molecule has 4 aromatic carbocycles. The Kier molecular flexibility index (Phi) is 5.87. The molecule has 0 bridgehead atoms. The molecule has 1 aromatic heterocycles. The predicted molar refractivity (Wildman–Crippen MR) is 145 cm³/mol. The van der Waals surface area contributed by atoms with Crippen molar-refractivity contribution in [3.8, 4) is 11.3 Å². The minimum absolute atomic E-state index is 0.0785. The molecule has 0 fully saturated rings. The van der Waals surface area contributed by atoms with Gasteiger partial charge in [-0.2, -0.15) is 0 Å². The average molecular weight is 485 g/mol. The van der Waals surface area contributed by atoms with Crippen molar-refractivity contribution >= 4 is 23.2 Å². The van der Waals surface area contributed by atoms with Crippen LogP contribution in [0.25, 0.3) is 11.3 Å². The molecular weight excluding hydrogens is 460 g/mol. The van der Waals surface area contributed by atoms with Crippen molar-refractivity contribution in [1.29, 1.82) is 0 Å². The molecule has 0 radical (unpaired) electrons. The van der Waals surface area contributed by atoms with Crippen LogP contribution in [0, 0.1) is 0 Å². The summed E-state index contributed by atoms with van der Waals surface area (Å²) in [5.41, 5.74) is 6.83. The first-order valence-electron chi connectivity index (χ1n) is 12.2. The number of amides is 2. The molecule has 2 amide bonds. The summed E-state index contributed by atoms with van der Waals surface area (Å²) < 4.78 is 5.49. The lowest BCUT2D eigenvalue weighted by Crippen LogP contribution is -2.30. The van der Waals surface area contributed by atoms with E-state index in [4.69, 9.17) is 4.42 Å². The number of rotatable bonds is 4. The molecular formula is C32H24N2O3. The van der Waals surface area contributed by atoms with Gasteiger partial charge in [0.25, 0.3) is 11.8 Å². The van der Waals surface area contributed by atoms with E-state index in [1.165, 1.54) is 5.56 Å². The number of furan rings is 1. The Bertz CT molecular complexity index is 1590. The van der Waals surface area contributed by atoms with Gasteiger partial charge in [0.15, 0.2) is 0 Å². The van der Waals surface area contributed by atoms with E-state index in [2.05, 4.69) is 23.5 Å². The van der Waals surface area contributed by atoms with Gasteiger partial charge < -0.3 is 14.6 Å². The zero-order valence-corrected chi connectivity index (χ0v) is 20.1. The van der Waals surface area contributed by atoms with Crippen LogP contribution in [0.15, 0.2) is 120 Å². The maximum atomic E-state index is 13.7. The fourth-order valence-electron chi connectivity index (χ4n) is 4.83. The minimum Gasteiger partial charge on any atom is -0.464 e. The maximum absolute atomic E-state index is 13.7. The summed E-state index contributed by atoms with van der Waals surface area (Å²) in [5.74, 6) is 0.306. The third-order valence-corrected chi connectivity index (χ3v) is 6.70. The number of fused-ring (bicyclic) bond motifs is 2. The first kappa shape index (κ1) is 22.6. The molecule has 5 heteroatoms. The summed E-state index contributed by atoms with van der Waals surface area (Å²) in [5, 5.41) is 2.94. The van der Waals surface area contributed by atoms with Gasteiger partial charge >= 0.3 is 0 Å². The SMILES string of the molecule is O=C(Nc1ccc(C(=O)N2Cc3ccccc3Cc3ccccc32)cc1)c1ccccc1-c1ccco1. The van der Waals surface area contributed by atoms with Crippen molar-refractivity contribution in [3.05, 3.63) is 143 Å². The van der Waals surface area contributed by atoms with Crippen molar-refractivity contribution in [2.45, 2.75) is 13.0 Å². The molecule has 2 heterocycles. The smallest absolute Gasteiger partial charge is 0.258 e. The molecule has 6 rings (SSSR count). The van der Waals surface area contributed by atoms with Gasteiger partial charge in [-0.25, -0.2) is 0 Å². The van der Waals surface area contributed by atoms with Gasteiger partial charge in [0.05, 0.1) is 18.4 Å². The fraction of sp³-hybridized carbons (Fsp3) is 0.0625. The fourth-order valence-corrected chi connectivity index (χ4v) is 4.83. The summed E-state index contributed by atoms with van der Waals surface area (Å²) in [6.45, 7) is 0.508. The molecule has 0 atom stereocenters. The summed E-state index contributed by atoms with van der Waals surface area (Å²) in [6, 6.07) is 34.3. The lowest BCUT2D eigenvalue weighted by molar-refractivity contribution is 0.0984. The Morgan fingerprint density at radius 2 is 1.41 bits per heavy atom. The molecule has 1 aliphatic heterocycles. The molecule has 1 aliphatic rings. The Labute approximate surface area is 215 Å². The van der Waals surface area contributed by atoms with Crippen molar-refractivity contribution in [2.75, 3.05) is 10.2 Å². The van der Waals surface area contributed by atoms with Gasteiger partial charge in [0.1, 0.15) is 5.76 Å². The van der Waals surface area contributed by atoms with E-state index in [9.17, 15) is 9.59 Å². The standard InChI is InChI=1S/C32H24N2O3/c35-31(28-12-5-4-11-27(28)30-14-7-19-37-30)33-26-17-15-22(16-18-26)32(36)34-21-25-10-2-1-8-23(25)20-24-9-3-6-13-29(24)34/h1-19H,20-21H2,(H,33,35). The second-order valence-electron chi connectivity index (χ2n) is 9.02. The van der Waals surface area contributed by atoms with Crippen LogP contribution >= 0.6 is 0 Å². The van der Waals surface area contributed by atoms with Crippen molar-refractivity contribution in [1.82, 2.24) is 0 Å². The van der Waals surface area contributed by atoms with E-state index >= 15 is 0 Å². The number of carbonyl (C=O) groups is 2. The first-order chi connectivity index (χ1) is 18.2. The molecule has 5 aromatic rings. The van der Waals surface area contributed by atoms with Crippen molar-refractivity contribution in [2.24, 2.45) is 0 Å². The number of anilines is 2. The van der Waals surface area contributed by atoms with E-state index in [0.29, 0.717) is 29.1 Å². The Balaban J connectivity index is 1.24. The third-order valence-electron chi connectivity index (χ3n) is 6.70. The second kappa shape index (κ2) is 9.63. The number of carbonyl (C=O) groups excluding carboxylic acids is 2. The first-order valence-corrected chi connectivity index (χ1v) is 12.2. The number of para-hydroxylation sites is 1. The number of nitrogens with one attached hydrogen (secondary N) is 1. The van der Waals surface area contributed by atoms with Crippen molar-refractivity contribution in [3.63, 3.8) is 0 Å². The molecule has 180 valence electrons. The second-order valence-corrected chi connectivity index (χ2v) is 9.02. The van der Waals surface area contributed by atoms with Gasteiger partial charge in [0.2, 0.25) is 0 Å². The third kappa shape index (κ3) is 4.43. The quantitative estimate of drug-likeness (QED) is 0.300. The predicted octanol–water partition coefficient (Wildman–Crippen LogP) is 6.95. The molecule has 0 unspecified atom stereocenters. The van der Waals surface area contributed by atoms with Crippen LogP contribution in [0.5, 0.6) is 0 Å². The van der Waals surface area contributed by atoms with Gasteiger partial charge in [0, 0.05) is 22.5 Å². The molecule has 0 saturated carbocycles. The van der Waals surface area contributed by atoms with Crippen LogP contribution in [-0.4, -0.2) is 11.8 Å². The maximum Gasteiger partial charge on any atom is 0.258 e. The normalized spacial score (nSPS) is 12.3. The minimum atomic E-state index is -0.246. The van der Waals surface area contributed by atoms with Gasteiger partial charge in [-0.05, 0) is 71.6 Å². The summed E-state index contributed by atoms with van der Waals surface area (Å²) in [6.07, 6.45) is 2.38. The summed E-state index contributed by atoms with van der Waals surface area (Å²) in [7, 11) is 0.